The van der Waals surface area contributed by atoms with E-state index in [4.69, 9.17) is 16.3 Å². The van der Waals surface area contributed by atoms with E-state index in [9.17, 15) is 0 Å². The van der Waals surface area contributed by atoms with E-state index < -0.39 is 0 Å². The summed E-state index contributed by atoms with van der Waals surface area (Å²) in [5, 5.41) is 4.14. The van der Waals surface area contributed by atoms with Gasteiger partial charge in [-0.25, -0.2) is 0 Å². The monoisotopic (exact) mass is 289 g/mol. The Morgan fingerprint density at radius 2 is 1.65 bits per heavy atom. The summed E-state index contributed by atoms with van der Waals surface area (Å²) >= 11 is 5.90. The highest BCUT2D eigenvalue weighted by Crippen LogP contribution is 2.23. The number of nitrogens with one attached hydrogen (secondary N) is 1. The van der Waals surface area contributed by atoms with Crippen molar-refractivity contribution in [2.45, 2.75) is 26.0 Å². The lowest BCUT2D eigenvalue weighted by Crippen LogP contribution is -2.30. The molecule has 3 heteroatoms. The van der Waals surface area contributed by atoms with Gasteiger partial charge >= 0.3 is 0 Å². The molecule has 1 unspecified atom stereocenters. The minimum Gasteiger partial charge on any atom is -0.484 e. The fraction of sp³-hybridized carbons (Fsp3) is 0.294. The topological polar surface area (TPSA) is 21.3 Å². The molecule has 0 aliphatic carbocycles. The summed E-state index contributed by atoms with van der Waals surface area (Å²) in [4.78, 5) is 0. The van der Waals surface area contributed by atoms with E-state index in [2.05, 4.69) is 31.3 Å². The number of benzene rings is 2. The lowest BCUT2D eigenvalue weighted by Gasteiger charge is -2.21. The Balaban J connectivity index is 2.12. The molecule has 0 radical (unpaired) electrons. The number of halogens is 1. The molecule has 0 aliphatic rings. The Labute approximate surface area is 125 Å². The van der Waals surface area contributed by atoms with Crippen molar-refractivity contribution in [1.29, 1.82) is 0 Å². The van der Waals surface area contributed by atoms with E-state index in [0.29, 0.717) is 11.1 Å². The summed E-state index contributed by atoms with van der Waals surface area (Å²) in [5.74, 6) is 0.828. The molecular formula is C17H20ClNO. The Morgan fingerprint density at radius 3 is 2.25 bits per heavy atom. The van der Waals surface area contributed by atoms with Crippen molar-refractivity contribution in [2.24, 2.45) is 0 Å². The number of hydrogen-bond donors (Lipinski definition) is 1. The van der Waals surface area contributed by atoms with Crippen molar-refractivity contribution in [1.82, 2.24) is 5.32 Å². The molecule has 1 atom stereocenters. The van der Waals surface area contributed by atoms with Crippen molar-refractivity contribution in [3.63, 3.8) is 0 Å². The molecule has 0 bridgehead atoms. The summed E-state index contributed by atoms with van der Waals surface area (Å²) < 4.78 is 6.08. The van der Waals surface area contributed by atoms with Gasteiger partial charge in [-0.05, 0) is 29.8 Å². The highest BCUT2D eigenvalue weighted by molar-refractivity contribution is 6.30. The van der Waals surface area contributed by atoms with Crippen LogP contribution in [-0.2, 0) is 0 Å². The van der Waals surface area contributed by atoms with Crippen LogP contribution >= 0.6 is 11.6 Å². The van der Waals surface area contributed by atoms with E-state index in [1.54, 1.807) is 0 Å². The maximum atomic E-state index is 6.08. The lowest BCUT2D eigenvalue weighted by atomic mass is 10.1. The highest BCUT2D eigenvalue weighted by atomic mass is 35.5. The Morgan fingerprint density at radius 1 is 1.00 bits per heavy atom. The first-order chi connectivity index (χ1) is 9.65. The number of rotatable bonds is 6. The molecule has 0 aliphatic heterocycles. The van der Waals surface area contributed by atoms with Crippen LogP contribution in [0.3, 0.4) is 0 Å². The molecule has 0 saturated carbocycles. The van der Waals surface area contributed by atoms with Gasteiger partial charge in [0.25, 0.3) is 0 Å². The Bertz CT molecular complexity index is 510. The van der Waals surface area contributed by atoms with Gasteiger partial charge in [-0.15, -0.1) is 0 Å². The summed E-state index contributed by atoms with van der Waals surface area (Å²) in [7, 11) is 0. The summed E-state index contributed by atoms with van der Waals surface area (Å²) in [6.07, 6.45) is -0.0141. The third-order valence-corrected chi connectivity index (χ3v) is 3.23. The van der Waals surface area contributed by atoms with Gasteiger partial charge in [0.2, 0.25) is 0 Å². The van der Waals surface area contributed by atoms with E-state index in [0.717, 1.165) is 17.9 Å². The Hall–Kier alpha value is -1.51. The van der Waals surface area contributed by atoms with E-state index in [-0.39, 0.29) is 6.10 Å². The summed E-state index contributed by atoms with van der Waals surface area (Å²) in [6, 6.07) is 18.1. The zero-order chi connectivity index (χ0) is 14.4. The molecule has 0 fully saturated rings. The maximum Gasteiger partial charge on any atom is 0.136 e. The van der Waals surface area contributed by atoms with Gasteiger partial charge in [-0.3, -0.25) is 0 Å². The molecule has 106 valence electrons. The normalized spacial score (nSPS) is 12.4. The quantitative estimate of drug-likeness (QED) is 0.848. The first-order valence-corrected chi connectivity index (χ1v) is 7.23. The first-order valence-electron chi connectivity index (χ1n) is 6.85. The molecule has 0 amide bonds. The molecule has 20 heavy (non-hydrogen) atoms. The Kier molecular flexibility index (Phi) is 5.45. The molecule has 0 aromatic heterocycles. The predicted octanol–water partition coefficient (Wildman–Crippen LogP) is 4.46. The van der Waals surface area contributed by atoms with Gasteiger partial charge in [0.15, 0.2) is 0 Å². The molecule has 2 rings (SSSR count). The highest BCUT2D eigenvalue weighted by Gasteiger charge is 2.13. The van der Waals surface area contributed by atoms with Crippen molar-refractivity contribution in [3.8, 4) is 5.75 Å². The van der Waals surface area contributed by atoms with Crippen molar-refractivity contribution in [2.75, 3.05) is 6.54 Å². The van der Waals surface area contributed by atoms with Gasteiger partial charge in [-0.2, -0.15) is 0 Å². The smallest absolute Gasteiger partial charge is 0.136 e. The maximum absolute atomic E-state index is 6.08. The van der Waals surface area contributed by atoms with Gasteiger partial charge in [0, 0.05) is 17.6 Å². The SMILES string of the molecule is CC(C)NCC(Oc1ccc(Cl)cc1)c1ccccc1. The van der Waals surface area contributed by atoms with Crippen LogP contribution < -0.4 is 10.1 Å². The molecule has 2 nitrogen and oxygen atoms in total. The van der Waals surface area contributed by atoms with Gasteiger partial charge in [0.05, 0.1) is 0 Å². The lowest BCUT2D eigenvalue weighted by molar-refractivity contribution is 0.198. The van der Waals surface area contributed by atoms with Crippen LogP contribution in [0.5, 0.6) is 5.75 Å². The fourth-order valence-corrected chi connectivity index (χ4v) is 2.04. The number of ether oxygens (including phenoxy) is 1. The average molecular weight is 290 g/mol. The summed E-state index contributed by atoms with van der Waals surface area (Å²) in [5.41, 5.74) is 1.16. The van der Waals surface area contributed by atoms with Crippen molar-refractivity contribution < 1.29 is 4.74 Å². The van der Waals surface area contributed by atoms with Crippen LogP contribution in [0.1, 0.15) is 25.5 Å². The van der Waals surface area contributed by atoms with Crippen LogP contribution in [0.2, 0.25) is 5.02 Å². The summed E-state index contributed by atoms with van der Waals surface area (Å²) in [6.45, 7) is 5.03. The van der Waals surface area contributed by atoms with Crippen molar-refractivity contribution in [3.05, 3.63) is 65.2 Å². The van der Waals surface area contributed by atoms with E-state index in [1.807, 2.05) is 42.5 Å². The van der Waals surface area contributed by atoms with Crippen LogP contribution in [0, 0.1) is 0 Å². The zero-order valence-electron chi connectivity index (χ0n) is 11.8. The second kappa shape index (κ2) is 7.32. The van der Waals surface area contributed by atoms with Gasteiger partial charge in [-0.1, -0.05) is 55.8 Å². The van der Waals surface area contributed by atoms with Crippen LogP contribution in [0.15, 0.2) is 54.6 Å². The molecule has 0 saturated heterocycles. The molecule has 1 N–H and O–H groups in total. The van der Waals surface area contributed by atoms with Gasteiger partial charge in [0.1, 0.15) is 11.9 Å². The van der Waals surface area contributed by atoms with E-state index in [1.165, 1.54) is 0 Å². The molecule has 0 heterocycles. The minimum absolute atomic E-state index is 0.0141. The fourth-order valence-electron chi connectivity index (χ4n) is 1.92. The molecule has 2 aromatic carbocycles. The predicted molar refractivity (Wildman–Crippen MR) is 84.4 cm³/mol. The van der Waals surface area contributed by atoms with Crippen molar-refractivity contribution >= 4 is 11.6 Å². The standard InChI is InChI=1S/C17H20ClNO/c1-13(2)19-12-17(14-6-4-3-5-7-14)20-16-10-8-15(18)9-11-16/h3-11,13,17,19H,12H2,1-2H3. The zero-order valence-corrected chi connectivity index (χ0v) is 12.6. The van der Waals surface area contributed by atoms with E-state index >= 15 is 0 Å². The minimum atomic E-state index is -0.0141. The second-order valence-electron chi connectivity index (χ2n) is 5.03. The second-order valence-corrected chi connectivity index (χ2v) is 5.47. The largest absolute Gasteiger partial charge is 0.484 e. The molecular weight excluding hydrogens is 270 g/mol. The average Bonchev–Trinajstić information content (AvgIpc) is 2.46. The first kappa shape index (κ1) is 14.9. The third kappa shape index (κ3) is 4.55. The van der Waals surface area contributed by atoms with Crippen LogP contribution in [-0.4, -0.2) is 12.6 Å². The third-order valence-electron chi connectivity index (χ3n) is 2.97. The molecule has 0 spiro atoms. The van der Waals surface area contributed by atoms with Gasteiger partial charge < -0.3 is 10.1 Å². The van der Waals surface area contributed by atoms with Crippen LogP contribution in [0.25, 0.3) is 0 Å². The number of hydrogen-bond acceptors (Lipinski definition) is 2. The van der Waals surface area contributed by atoms with Crippen LogP contribution in [0.4, 0.5) is 0 Å². The molecule has 2 aromatic rings.